The molecule has 0 aliphatic carbocycles. The predicted molar refractivity (Wildman–Crippen MR) is 47.1 cm³/mol. The number of hydrogen-bond donors (Lipinski definition) is 0. The molecular weight excluding hydrogens is 178 g/mol. The second kappa shape index (κ2) is 4.50. The van der Waals surface area contributed by atoms with Crippen molar-refractivity contribution < 1.29 is 4.42 Å². The van der Waals surface area contributed by atoms with Crippen molar-refractivity contribution in [3.8, 4) is 18.2 Å². The fourth-order valence-corrected chi connectivity index (χ4v) is 0.988. The van der Waals surface area contributed by atoms with Crippen LogP contribution in [-0.4, -0.2) is 0 Å². The number of allylic oxidation sites excluding steroid dienone is 2. The average Bonchev–Trinajstić information content (AvgIpc) is 2.71. The van der Waals surface area contributed by atoms with Crippen molar-refractivity contribution in [3.05, 3.63) is 29.7 Å². The zero-order chi connectivity index (χ0) is 10.4. The van der Waals surface area contributed by atoms with Gasteiger partial charge in [-0.25, -0.2) is 0 Å². The minimum Gasteiger partial charge on any atom is -0.465 e. The first-order valence-corrected chi connectivity index (χ1v) is 3.77. The molecule has 0 unspecified atom stereocenters. The third-order valence-electron chi connectivity index (χ3n) is 1.60. The van der Waals surface area contributed by atoms with E-state index in [2.05, 4.69) is 0 Å². The molecule has 0 amide bonds. The van der Waals surface area contributed by atoms with Crippen molar-refractivity contribution in [2.75, 3.05) is 0 Å². The van der Waals surface area contributed by atoms with Gasteiger partial charge in [0.15, 0.2) is 0 Å². The van der Waals surface area contributed by atoms with Crippen molar-refractivity contribution in [2.45, 2.75) is 6.42 Å². The standard InChI is InChI=1S/C10H5N3O/c11-4-3-9(8(6-12)7-13)10-2-1-5-14-10/h1-2,5H,3H2. The second-order valence-electron chi connectivity index (χ2n) is 2.39. The van der Waals surface area contributed by atoms with Gasteiger partial charge in [-0.1, -0.05) is 0 Å². The fraction of sp³-hybridized carbons (Fsp3) is 0.100. The van der Waals surface area contributed by atoms with E-state index in [1.165, 1.54) is 6.26 Å². The summed E-state index contributed by atoms with van der Waals surface area (Å²) in [6.07, 6.45) is 1.42. The monoisotopic (exact) mass is 183 g/mol. The Morgan fingerprint density at radius 2 is 2.00 bits per heavy atom. The smallest absolute Gasteiger partial charge is 0.137 e. The Bertz CT molecular complexity index is 447. The summed E-state index contributed by atoms with van der Waals surface area (Å²) < 4.78 is 5.02. The molecule has 4 heteroatoms. The van der Waals surface area contributed by atoms with Gasteiger partial charge >= 0.3 is 0 Å². The summed E-state index contributed by atoms with van der Waals surface area (Å²) in [6, 6.07) is 8.60. The van der Waals surface area contributed by atoms with E-state index in [1.54, 1.807) is 24.3 Å². The molecule has 1 aromatic rings. The Hall–Kier alpha value is -2.51. The highest BCUT2D eigenvalue weighted by Gasteiger charge is 2.10. The highest BCUT2D eigenvalue weighted by molar-refractivity contribution is 5.73. The van der Waals surface area contributed by atoms with E-state index < -0.39 is 0 Å². The quantitative estimate of drug-likeness (QED) is 0.656. The first kappa shape index (κ1) is 9.58. The van der Waals surface area contributed by atoms with Crippen LogP contribution in [0.4, 0.5) is 0 Å². The maximum Gasteiger partial charge on any atom is 0.137 e. The Balaban J connectivity index is 3.24. The highest BCUT2D eigenvalue weighted by Crippen LogP contribution is 2.21. The van der Waals surface area contributed by atoms with Crippen molar-refractivity contribution in [1.29, 1.82) is 15.8 Å². The maximum absolute atomic E-state index is 8.64. The molecule has 0 aliphatic heterocycles. The molecule has 1 rings (SSSR count). The molecule has 1 heterocycles. The summed E-state index contributed by atoms with van der Waals surface area (Å²) in [5, 5.41) is 25.8. The van der Waals surface area contributed by atoms with Crippen molar-refractivity contribution in [3.63, 3.8) is 0 Å². The van der Waals surface area contributed by atoms with Gasteiger partial charge in [0, 0.05) is 5.57 Å². The molecule has 4 nitrogen and oxygen atoms in total. The summed E-state index contributed by atoms with van der Waals surface area (Å²) in [5.41, 5.74) is 0.254. The van der Waals surface area contributed by atoms with Gasteiger partial charge in [-0.3, -0.25) is 0 Å². The molecule has 0 spiro atoms. The van der Waals surface area contributed by atoms with E-state index in [4.69, 9.17) is 20.2 Å². The van der Waals surface area contributed by atoms with E-state index in [9.17, 15) is 0 Å². The molecule has 0 atom stereocenters. The Morgan fingerprint density at radius 3 is 2.43 bits per heavy atom. The fourth-order valence-electron chi connectivity index (χ4n) is 0.988. The Kier molecular flexibility index (Phi) is 3.08. The number of nitriles is 3. The van der Waals surface area contributed by atoms with Crippen LogP contribution < -0.4 is 0 Å². The molecule has 0 N–H and O–H groups in total. The largest absolute Gasteiger partial charge is 0.465 e. The minimum absolute atomic E-state index is 0.00995. The molecule has 0 aliphatic rings. The van der Waals surface area contributed by atoms with E-state index in [-0.39, 0.29) is 12.0 Å². The Labute approximate surface area is 80.9 Å². The van der Waals surface area contributed by atoms with E-state index >= 15 is 0 Å². The molecule has 1 aromatic heterocycles. The van der Waals surface area contributed by atoms with Crippen LogP contribution in [0.1, 0.15) is 12.2 Å². The zero-order valence-corrected chi connectivity index (χ0v) is 7.19. The van der Waals surface area contributed by atoms with Crippen LogP contribution in [0, 0.1) is 34.0 Å². The summed E-state index contributed by atoms with van der Waals surface area (Å²) in [5.74, 6) is 0.393. The highest BCUT2D eigenvalue weighted by atomic mass is 16.3. The number of nitrogens with zero attached hydrogens (tertiary/aromatic N) is 3. The molecule has 0 saturated heterocycles. The van der Waals surface area contributed by atoms with E-state index in [0.717, 1.165) is 0 Å². The van der Waals surface area contributed by atoms with Crippen LogP contribution >= 0.6 is 0 Å². The van der Waals surface area contributed by atoms with E-state index in [0.29, 0.717) is 11.3 Å². The summed E-state index contributed by atoms with van der Waals surface area (Å²) in [7, 11) is 0. The van der Waals surface area contributed by atoms with Crippen molar-refractivity contribution >= 4 is 5.57 Å². The summed E-state index contributed by atoms with van der Waals surface area (Å²) >= 11 is 0. The SMILES string of the molecule is N#CCC(=C(C#N)C#N)c1ccco1. The zero-order valence-electron chi connectivity index (χ0n) is 7.19. The summed E-state index contributed by atoms with van der Waals surface area (Å²) in [4.78, 5) is 0. The van der Waals surface area contributed by atoms with Crippen LogP contribution in [0.25, 0.3) is 5.57 Å². The van der Waals surface area contributed by atoms with Crippen molar-refractivity contribution in [1.82, 2.24) is 0 Å². The third-order valence-corrected chi connectivity index (χ3v) is 1.60. The molecular formula is C10H5N3O. The third kappa shape index (κ3) is 1.80. The van der Waals surface area contributed by atoms with Crippen LogP contribution in [-0.2, 0) is 0 Å². The lowest BCUT2D eigenvalue weighted by atomic mass is 10.1. The molecule has 0 bridgehead atoms. The Morgan fingerprint density at radius 1 is 1.29 bits per heavy atom. The first-order valence-electron chi connectivity index (χ1n) is 3.77. The van der Waals surface area contributed by atoms with Gasteiger partial charge in [0.05, 0.1) is 18.8 Å². The number of rotatable bonds is 2. The van der Waals surface area contributed by atoms with Gasteiger partial charge in [-0.05, 0) is 12.1 Å². The van der Waals surface area contributed by atoms with Crippen LogP contribution in [0.2, 0.25) is 0 Å². The molecule has 66 valence electrons. The average molecular weight is 183 g/mol. The van der Waals surface area contributed by atoms with Gasteiger partial charge in [0.25, 0.3) is 0 Å². The molecule has 0 radical (unpaired) electrons. The topological polar surface area (TPSA) is 84.5 Å². The van der Waals surface area contributed by atoms with Crippen LogP contribution in [0.5, 0.6) is 0 Å². The molecule has 14 heavy (non-hydrogen) atoms. The first-order chi connectivity index (χ1) is 6.83. The van der Waals surface area contributed by atoms with Gasteiger partial charge in [0.2, 0.25) is 0 Å². The van der Waals surface area contributed by atoms with Gasteiger partial charge in [-0.2, -0.15) is 15.8 Å². The van der Waals surface area contributed by atoms with E-state index in [1.807, 2.05) is 6.07 Å². The lowest BCUT2D eigenvalue weighted by Crippen LogP contribution is -1.86. The minimum atomic E-state index is -0.0819. The second-order valence-corrected chi connectivity index (χ2v) is 2.39. The maximum atomic E-state index is 8.64. The van der Waals surface area contributed by atoms with Crippen LogP contribution in [0.15, 0.2) is 28.4 Å². The molecule has 0 fully saturated rings. The van der Waals surface area contributed by atoms with Gasteiger partial charge < -0.3 is 4.42 Å². The molecule has 0 saturated carbocycles. The van der Waals surface area contributed by atoms with Crippen molar-refractivity contribution in [2.24, 2.45) is 0 Å². The normalized spacial score (nSPS) is 8.07. The van der Waals surface area contributed by atoms with Gasteiger partial charge in [-0.15, -0.1) is 0 Å². The number of hydrogen-bond acceptors (Lipinski definition) is 4. The lowest BCUT2D eigenvalue weighted by Gasteiger charge is -1.96. The van der Waals surface area contributed by atoms with Crippen LogP contribution in [0.3, 0.4) is 0 Å². The predicted octanol–water partition coefficient (Wildman–Crippen LogP) is 1.99. The van der Waals surface area contributed by atoms with Gasteiger partial charge in [0.1, 0.15) is 23.5 Å². The molecule has 0 aromatic carbocycles. The lowest BCUT2D eigenvalue weighted by molar-refractivity contribution is 0.551. The number of furan rings is 1. The summed E-state index contributed by atoms with van der Waals surface area (Å²) in [6.45, 7) is 0.